The van der Waals surface area contributed by atoms with Crippen LogP contribution in [0.1, 0.15) is 5.56 Å². The minimum Gasteiger partial charge on any atom is -0.354 e. The molecule has 8 heteroatoms. The monoisotopic (exact) mass is 393 g/mol. The van der Waals surface area contributed by atoms with E-state index in [4.69, 9.17) is 21.6 Å². The summed E-state index contributed by atoms with van der Waals surface area (Å²) in [7, 11) is 0. The molecular weight excluding hydrogens is 374 g/mol. The van der Waals surface area contributed by atoms with E-state index >= 15 is 0 Å². The quantitative estimate of drug-likeness (QED) is 0.556. The van der Waals surface area contributed by atoms with E-state index in [1.54, 1.807) is 12.5 Å². The van der Waals surface area contributed by atoms with Crippen molar-refractivity contribution in [1.29, 1.82) is 0 Å². The second kappa shape index (κ2) is 6.92. The van der Waals surface area contributed by atoms with Gasteiger partial charge in [0, 0.05) is 26.2 Å². The number of imidazole rings is 1. The fourth-order valence-corrected chi connectivity index (χ4v) is 3.85. The van der Waals surface area contributed by atoms with Gasteiger partial charge in [0.05, 0.1) is 16.9 Å². The summed E-state index contributed by atoms with van der Waals surface area (Å²) >= 11 is 6.39. The molecule has 1 aliphatic heterocycles. The highest BCUT2D eigenvalue weighted by Gasteiger charge is 2.16. The molecule has 5 rings (SSSR count). The van der Waals surface area contributed by atoms with Crippen LogP contribution in [0.5, 0.6) is 0 Å². The molecule has 1 aromatic carbocycles. The van der Waals surface area contributed by atoms with E-state index in [-0.39, 0.29) is 0 Å². The van der Waals surface area contributed by atoms with E-state index < -0.39 is 0 Å². The van der Waals surface area contributed by atoms with Gasteiger partial charge in [-0.25, -0.2) is 15.0 Å². The molecule has 0 unspecified atom stereocenters. The largest absolute Gasteiger partial charge is 0.354 e. The van der Waals surface area contributed by atoms with Crippen LogP contribution in [0, 0.1) is 6.92 Å². The molecule has 0 bridgehead atoms. The zero-order valence-electron chi connectivity index (χ0n) is 15.5. The number of nitrogens with one attached hydrogen (secondary N) is 2. The first-order valence-corrected chi connectivity index (χ1v) is 9.69. The molecule has 0 atom stereocenters. The Bertz CT molecular complexity index is 1140. The van der Waals surface area contributed by atoms with Gasteiger partial charge in [-0.2, -0.15) is 0 Å². The second-order valence-electron chi connectivity index (χ2n) is 6.92. The summed E-state index contributed by atoms with van der Waals surface area (Å²) in [5.74, 6) is 1.67. The molecule has 0 spiro atoms. The number of halogens is 1. The molecule has 0 saturated carbocycles. The van der Waals surface area contributed by atoms with Gasteiger partial charge < -0.3 is 15.5 Å². The van der Waals surface area contributed by atoms with Crippen molar-refractivity contribution in [2.24, 2.45) is 0 Å². The number of aryl methyl sites for hydroxylation is 1. The highest BCUT2D eigenvalue weighted by atomic mass is 35.5. The van der Waals surface area contributed by atoms with Gasteiger partial charge in [0.2, 0.25) is 0 Å². The molecule has 4 aromatic rings. The van der Waals surface area contributed by atoms with E-state index in [1.165, 1.54) is 0 Å². The summed E-state index contributed by atoms with van der Waals surface area (Å²) < 4.78 is 1.97. The van der Waals surface area contributed by atoms with E-state index in [0.717, 1.165) is 59.9 Å². The number of anilines is 3. The maximum absolute atomic E-state index is 6.39. The Morgan fingerprint density at radius 2 is 1.96 bits per heavy atom. The Morgan fingerprint density at radius 1 is 1.11 bits per heavy atom. The number of benzene rings is 1. The van der Waals surface area contributed by atoms with Crippen LogP contribution in [0.4, 0.5) is 17.3 Å². The fourth-order valence-electron chi connectivity index (χ4n) is 3.58. The van der Waals surface area contributed by atoms with Crippen molar-refractivity contribution in [3.8, 4) is 0 Å². The third-order valence-electron chi connectivity index (χ3n) is 5.09. The molecule has 0 radical (unpaired) electrons. The standard InChI is InChI=1S/C20H20ClN7/c1-13-3-2-4-14(21)18(13)26-19-16-11-23-12-28(16)20-15(24-19)5-6-17(25-20)27-9-7-22-8-10-27/h2-6,11-12,22H,7-10H2,1H3,(H,24,26). The van der Waals surface area contributed by atoms with Crippen molar-refractivity contribution in [2.45, 2.75) is 6.92 Å². The summed E-state index contributed by atoms with van der Waals surface area (Å²) in [6.45, 7) is 5.86. The molecule has 0 aliphatic carbocycles. The first-order chi connectivity index (χ1) is 13.7. The van der Waals surface area contributed by atoms with E-state index in [2.05, 4.69) is 20.5 Å². The zero-order valence-corrected chi connectivity index (χ0v) is 16.2. The lowest BCUT2D eigenvalue weighted by Crippen LogP contribution is -2.43. The van der Waals surface area contributed by atoms with E-state index in [9.17, 15) is 0 Å². The van der Waals surface area contributed by atoms with Crippen LogP contribution >= 0.6 is 11.6 Å². The Kier molecular flexibility index (Phi) is 4.26. The molecule has 1 saturated heterocycles. The Labute approximate surface area is 167 Å². The van der Waals surface area contributed by atoms with Gasteiger partial charge in [0.25, 0.3) is 0 Å². The van der Waals surface area contributed by atoms with E-state index in [1.807, 2.05) is 41.7 Å². The third-order valence-corrected chi connectivity index (χ3v) is 5.40. The lowest BCUT2D eigenvalue weighted by Gasteiger charge is -2.28. The Morgan fingerprint density at radius 3 is 2.79 bits per heavy atom. The number of piperazine rings is 1. The van der Waals surface area contributed by atoms with Crippen LogP contribution in [-0.4, -0.2) is 45.5 Å². The van der Waals surface area contributed by atoms with E-state index in [0.29, 0.717) is 10.8 Å². The van der Waals surface area contributed by atoms with Crippen molar-refractivity contribution in [3.63, 3.8) is 0 Å². The number of pyridine rings is 1. The van der Waals surface area contributed by atoms with Crippen molar-refractivity contribution in [2.75, 3.05) is 36.4 Å². The molecule has 3 aromatic heterocycles. The van der Waals surface area contributed by atoms with Crippen molar-refractivity contribution in [3.05, 3.63) is 53.4 Å². The number of nitrogens with zero attached hydrogens (tertiary/aromatic N) is 5. The van der Waals surface area contributed by atoms with Gasteiger partial charge in [-0.15, -0.1) is 0 Å². The summed E-state index contributed by atoms with van der Waals surface area (Å²) in [6, 6.07) is 9.88. The number of hydrogen-bond donors (Lipinski definition) is 2. The summed E-state index contributed by atoms with van der Waals surface area (Å²) in [6.07, 6.45) is 3.57. The first kappa shape index (κ1) is 17.2. The van der Waals surface area contributed by atoms with Crippen LogP contribution < -0.4 is 15.5 Å². The molecule has 1 fully saturated rings. The normalized spacial score (nSPS) is 14.7. The maximum atomic E-state index is 6.39. The van der Waals surface area contributed by atoms with Crippen LogP contribution in [0.25, 0.3) is 16.7 Å². The Balaban J connectivity index is 1.62. The molecule has 7 nitrogen and oxygen atoms in total. The van der Waals surface area contributed by atoms with Crippen LogP contribution in [-0.2, 0) is 0 Å². The summed E-state index contributed by atoms with van der Waals surface area (Å²) in [5.41, 5.74) is 4.36. The van der Waals surface area contributed by atoms with Gasteiger partial charge >= 0.3 is 0 Å². The number of aromatic nitrogens is 4. The van der Waals surface area contributed by atoms with Crippen LogP contribution in [0.15, 0.2) is 42.9 Å². The molecular formula is C20H20ClN7. The van der Waals surface area contributed by atoms with Gasteiger partial charge in [0.15, 0.2) is 11.5 Å². The minimum atomic E-state index is 0.659. The predicted molar refractivity (Wildman–Crippen MR) is 113 cm³/mol. The average Bonchev–Trinajstić information content (AvgIpc) is 3.22. The highest BCUT2D eigenvalue weighted by molar-refractivity contribution is 6.33. The molecule has 0 amide bonds. The molecule has 2 N–H and O–H groups in total. The van der Waals surface area contributed by atoms with Gasteiger partial charge in [-0.1, -0.05) is 23.7 Å². The van der Waals surface area contributed by atoms with Crippen molar-refractivity contribution in [1.82, 2.24) is 24.7 Å². The van der Waals surface area contributed by atoms with Crippen LogP contribution in [0.2, 0.25) is 5.02 Å². The molecule has 4 heterocycles. The second-order valence-corrected chi connectivity index (χ2v) is 7.32. The first-order valence-electron chi connectivity index (χ1n) is 9.31. The zero-order chi connectivity index (χ0) is 19.1. The lowest BCUT2D eigenvalue weighted by atomic mass is 10.2. The van der Waals surface area contributed by atoms with Gasteiger partial charge in [-0.3, -0.25) is 4.40 Å². The predicted octanol–water partition coefficient (Wildman–Crippen LogP) is 3.39. The van der Waals surface area contributed by atoms with Crippen LogP contribution in [0.3, 0.4) is 0 Å². The topological polar surface area (TPSA) is 70.4 Å². The summed E-state index contributed by atoms with van der Waals surface area (Å²) in [5, 5.41) is 7.42. The van der Waals surface area contributed by atoms with Crippen molar-refractivity contribution >= 4 is 45.6 Å². The van der Waals surface area contributed by atoms with Crippen molar-refractivity contribution < 1.29 is 0 Å². The fraction of sp³-hybridized carbons (Fsp3) is 0.250. The Hall–Kier alpha value is -2.90. The summed E-state index contributed by atoms with van der Waals surface area (Å²) in [4.78, 5) is 16.3. The molecule has 28 heavy (non-hydrogen) atoms. The third kappa shape index (κ3) is 2.93. The number of fused-ring (bicyclic) bond motifs is 3. The molecule has 1 aliphatic rings. The van der Waals surface area contributed by atoms with Gasteiger partial charge in [0.1, 0.15) is 23.2 Å². The smallest absolute Gasteiger partial charge is 0.166 e. The average molecular weight is 394 g/mol. The number of hydrogen-bond acceptors (Lipinski definition) is 6. The lowest BCUT2D eigenvalue weighted by molar-refractivity contribution is 0.585. The van der Waals surface area contributed by atoms with Gasteiger partial charge in [-0.05, 0) is 30.7 Å². The highest BCUT2D eigenvalue weighted by Crippen LogP contribution is 2.31. The minimum absolute atomic E-state index is 0.659. The number of rotatable bonds is 3. The maximum Gasteiger partial charge on any atom is 0.166 e. The SMILES string of the molecule is Cc1cccc(Cl)c1Nc1nc2ccc(N3CCNCC3)nc2n2cncc12. The molecule has 142 valence electrons. The number of para-hydroxylation sites is 1.